The summed E-state index contributed by atoms with van der Waals surface area (Å²) in [6, 6.07) is 18.1. The number of hydrogen-bond acceptors (Lipinski definition) is 4. The summed E-state index contributed by atoms with van der Waals surface area (Å²) in [7, 11) is 1.66. The molecule has 0 saturated carbocycles. The van der Waals surface area contributed by atoms with Crippen LogP contribution in [-0.4, -0.2) is 21.6 Å². The number of methoxy groups -OCH3 is 1. The Bertz CT molecular complexity index is 1070. The second-order valence-electron chi connectivity index (χ2n) is 6.13. The molecule has 0 spiro atoms. The van der Waals surface area contributed by atoms with Crippen molar-refractivity contribution in [2.45, 2.75) is 13.8 Å². The molecule has 2 aromatic heterocycles. The highest BCUT2D eigenvalue weighted by molar-refractivity contribution is 5.94. The first kappa shape index (κ1) is 16.1. The van der Waals surface area contributed by atoms with E-state index in [1.165, 1.54) is 0 Å². The quantitative estimate of drug-likeness (QED) is 0.578. The van der Waals surface area contributed by atoms with Crippen LogP contribution in [0.25, 0.3) is 16.7 Å². The predicted molar refractivity (Wildman–Crippen MR) is 105 cm³/mol. The molecule has 0 saturated heterocycles. The molecule has 0 aliphatic heterocycles. The van der Waals surface area contributed by atoms with Gasteiger partial charge >= 0.3 is 0 Å². The summed E-state index contributed by atoms with van der Waals surface area (Å²) in [4.78, 5) is 9.06. The molecule has 26 heavy (non-hydrogen) atoms. The van der Waals surface area contributed by atoms with E-state index in [-0.39, 0.29) is 0 Å². The highest BCUT2D eigenvalue weighted by Crippen LogP contribution is 2.34. The van der Waals surface area contributed by atoms with Crippen molar-refractivity contribution in [1.82, 2.24) is 14.5 Å². The van der Waals surface area contributed by atoms with Crippen LogP contribution >= 0.6 is 0 Å². The van der Waals surface area contributed by atoms with Crippen molar-refractivity contribution in [3.05, 3.63) is 72.2 Å². The van der Waals surface area contributed by atoms with Crippen LogP contribution < -0.4 is 10.1 Å². The Morgan fingerprint density at radius 1 is 0.923 bits per heavy atom. The van der Waals surface area contributed by atoms with Crippen molar-refractivity contribution < 1.29 is 4.74 Å². The Morgan fingerprint density at radius 3 is 2.42 bits per heavy atom. The van der Waals surface area contributed by atoms with Crippen LogP contribution in [0.4, 0.5) is 11.5 Å². The third kappa shape index (κ3) is 2.58. The fraction of sp³-hybridized carbons (Fsp3) is 0.143. The molecule has 0 aliphatic carbocycles. The lowest BCUT2D eigenvalue weighted by molar-refractivity contribution is 0.417. The molecule has 130 valence electrons. The minimum Gasteiger partial charge on any atom is -0.495 e. The van der Waals surface area contributed by atoms with E-state index in [2.05, 4.69) is 45.8 Å². The topological polar surface area (TPSA) is 52.0 Å². The lowest BCUT2D eigenvalue weighted by atomic mass is 10.2. The molecule has 0 aliphatic rings. The Kier molecular flexibility index (Phi) is 4.05. The van der Waals surface area contributed by atoms with Crippen LogP contribution in [0.1, 0.15) is 11.3 Å². The van der Waals surface area contributed by atoms with E-state index in [0.717, 1.165) is 45.2 Å². The number of aryl methyl sites for hydroxylation is 1. The van der Waals surface area contributed by atoms with Crippen molar-refractivity contribution in [3.63, 3.8) is 0 Å². The van der Waals surface area contributed by atoms with Gasteiger partial charge in [-0.1, -0.05) is 30.3 Å². The molecule has 0 radical (unpaired) electrons. The van der Waals surface area contributed by atoms with Gasteiger partial charge in [0.1, 0.15) is 17.9 Å². The molecule has 0 fully saturated rings. The number of ether oxygens (including phenoxy) is 1. The molecule has 4 aromatic rings. The summed E-state index contributed by atoms with van der Waals surface area (Å²) in [5.41, 5.74) is 5.15. The second-order valence-corrected chi connectivity index (χ2v) is 6.13. The van der Waals surface area contributed by atoms with Crippen molar-refractivity contribution in [2.24, 2.45) is 0 Å². The Balaban J connectivity index is 1.91. The lowest BCUT2D eigenvalue weighted by Gasteiger charge is -2.11. The van der Waals surface area contributed by atoms with Gasteiger partial charge in [0.05, 0.1) is 18.2 Å². The zero-order valence-corrected chi connectivity index (χ0v) is 15.0. The maximum Gasteiger partial charge on any atom is 0.150 e. The molecular formula is C21H20N4O. The number of aromatic nitrogens is 3. The van der Waals surface area contributed by atoms with Gasteiger partial charge in [-0.05, 0) is 43.7 Å². The first-order valence-electron chi connectivity index (χ1n) is 8.48. The SMILES string of the molecule is COc1ccccc1Nc1ncnc2c1c(C)c(C)n2-c1ccccc1. The Hall–Kier alpha value is -3.34. The van der Waals surface area contributed by atoms with Crippen molar-refractivity contribution in [2.75, 3.05) is 12.4 Å². The average Bonchev–Trinajstić information content (AvgIpc) is 2.94. The molecule has 0 bridgehead atoms. The van der Waals surface area contributed by atoms with Crippen LogP contribution in [0.2, 0.25) is 0 Å². The number of benzene rings is 2. The molecular weight excluding hydrogens is 324 g/mol. The van der Waals surface area contributed by atoms with E-state index >= 15 is 0 Å². The maximum absolute atomic E-state index is 5.45. The summed E-state index contributed by atoms with van der Waals surface area (Å²) in [6.07, 6.45) is 1.60. The van der Waals surface area contributed by atoms with Crippen LogP contribution in [0, 0.1) is 13.8 Å². The Morgan fingerprint density at radius 2 is 1.65 bits per heavy atom. The van der Waals surface area contributed by atoms with Gasteiger partial charge in [-0.3, -0.25) is 4.57 Å². The molecule has 2 heterocycles. The van der Waals surface area contributed by atoms with E-state index in [9.17, 15) is 0 Å². The van der Waals surface area contributed by atoms with Crippen LogP contribution in [-0.2, 0) is 0 Å². The van der Waals surface area contributed by atoms with Crippen molar-refractivity contribution >= 4 is 22.5 Å². The van der Waals surface area contributed by atoms with Gasteiger partial charge in [0.25, 0.3) is 0 Å². The largest absolute Gasteiger partial charge is 0.495 e. The van der Waals surface area contributed by atoms with Crippen LogP contribution in [0.5, 0.6) is 5.75 Å². The summed E-state index contributed by atoms with van der Waals surface area (Å²) >= 11 is 0. The molecule has 4 rings (SSSR count). The number of nitrogens with one attached hydrogen (secondary N) is 1. The standard InChI is InChI=1S/C21H20N4O/c1-14-15(2)25(16-9-5-4-6-10-16)21-19(14)20(22-13-23-21)24-17-11-7-8-12-18(17)26-3/h4-13H,1-3H3,(H,22,23,24). The smallest absolute Gasteiger partial charge is 0.150 e. The van der Waals surface area contributed by atoms with Gasteiger partial charge in [0.2, 0.25) is 0 Å². The van der Waals surface area contributed by atoms with Crippen molar-refractivity contribution in [1.29, 1.82) is 0 Å². The number of para-hydroxylation sites is 3. The monoisotopic (exact) mass is 344 g/mol. The number of rotatable bonds is 4. The highest BCUT2D eigenvalue weighted by Gasteiger charge is 2.18. The number of hydrogen-bond donors (Lipinski definition) is 1. The molecule has 5 nitrogen and oxygen atoms in total. The number of nitrogens with zero attached hydrogens (tertiary/aromatic N) is 3. The third-order valence-corrected chi connectivity index (χ3v) is 4.67. The molecule has 2 aromatic carbocycles. The molecule has 0 atom stereocenters. The van der Waals surface area contributed by atoms with E-state index in [4.69, 9.17) is 4.74 Å². The summed E-state index contributed by atoms with van der Waals surface area (Å²) in [5.74, 6) is 1.55. The average molecular weight is 344 g/mol. The van der Waals surface area contributed by atoms with E-state index in [1.54, 1.807) is 13.4 Å². The van der Waals surface area contributed by atoms with Crippen molar-refractivity contribution in [3.8, 4) is 11.4 Å². The predicted octanol–water partition coefficient (Wildman–Crippen LogP) is 4.79. The first-order valence-corrected chi connectivity index (χ1v) is 8.48. The fourth-order valence-corrected chi connectivity index (χ4v) is 3.26. The summed E-state index contributed by atoms with van der Waals surface area (Å²) in [5, 5.41) is 4.42. The van der Waals surface area contributed by atoms with Gasteiger partial charge in [-0.25, -0.2) is 9.97 Å². The zero-order valence-electron chi connectivity index (χ0n) is 15.0. The first-order chi connectivity index (χ1) is 12.7. The van der Waals surface area contributed by atoms with Gasteiger partial charge in [-0.15, -0.1) is 0 Å². The maximum atomic E-state index is 5.45. The molecule has 5 heteroatoms. The second kappa shape index (κ2) is 6.52. The van der Waals surface area contributed by atoms with E-state index in [1.807, 2.05) is 42.5 Å². The minimum absolute atomic E-state index is 0.773. The highest BCUT2D eigenvalue weighted by atomic mass is 16.5. The fourth-order valence-electron chi connectivity index (χ4n) is 3.26. The molecule has 0 unspecified atom stereocenters. The number of fused-ring (bicyclic) bond motifs is 1. The zero-order chi connectivity index (χ0) is 18.1. The minimum atomic E-state index is 0.773. The van der Waals surface area contributed by atoms with Gasteiger partial charge in [0, 0.05) is 11.4 Å². The summed E-state index contributed by atoms with van der Waals surface area (Å²) < 4.78 is 7.61. The normalized spacial score (nSPS) is 10.9. The van der Waals surface area contributed by atoms with Crippen LogP contribution in [0.3, 0.4) is 0 Å². The van der Waals surface area contributed by atoms with Crippen LogP contribution in [0.15, 0.2) is 60.9 Å². The van der Waals surface area contributed by atoms with Gasteiger partial charge < -0.3 is 10.1 Å². The Labute approximate surface area is 152 Å². The van der Waals surface area contributed by atoms with Gasteiger partial charge in [0.15, 0.2) is 5.65 Å². The van der Waals surface area contributed by atoms with Gasteiger partial charge in [-0.2, -0.15) is 0 Å². The number of anilines is 2. The van der Waals surface area contributed by atoms with E-state index < -0.39 is 0 Å². The third-order valence-electron chi connectivity index (χ3n) is 4.67. The molecule has 0 amide bonds. The molecule has 1 N–H and O–H groups in total. The lowest BCUT2D eigenvalue weighted by Crippen LogP contribution is -2.00. The summed E-state index contributed by atoms with van der Waals surface area (Å²) in [6.45, 7) is 4.21. The van der Waals surface area contributed by atoms with E-state index in [0.29, 0.717) is 0 Å².